The second-order valence-corrected chi connectivity index (χ2v) is 3.25. The number of H-pyrrole nitrogens is 1. The number of carboxylic acids is 1. The van der Waals surface area contributed by atoms with Crippen molar-refractivity contribution in [1.29, 1.82) is 0 Å². The smallest absolute Gasteiger partial charge is 0.352 e. The van der Waals surface area contributed by atoms with Gasteiger partial charge in [-0.15, -0.1) is 0 Å². The van der Waals surface area contributed by atoms with Crippen LogP contribution in [0.5, 0.6) is 0 Å². The highest BCUT2D eigenvalue weighted by molar-refractivity contribution is 5.94. The number of rotatable bonds is 1. The van der Waals surface area contributed by atoms with Crippen molar-refractivity contribution in [2.45, 2.75) is 0 Å². The van der Waals surface area contributed by atoms with Crippen LogP contribution in [0.3, 0.4) is 0 Å². The number of aromatic amines is 1. The van der Waals surface area contributed by atoms with Crippen LogP contribution in [0.2, 0.25) is 0 Å². The van der Waals surface area contributed by atoms with Gasteiger partial charge in [-0.2, -0.15) is 0 Å². The highest BCUT2D eigenvalue weighted by Gasteiger charge is 2.06. The van der Waals surface area contributed by atoms with Crippen molar-refractivity contribution >= 4 is 16.9 Å². The van der Waals surface area contributed by atoms with Gasteiger partial charge in [0, 0.05) is 16.5 Å². The number of nitrogens with one attached hydrogen (secondary N) is 1. The van der Waals surface area contributed by atoms with Crippen LogP contribution in [0, 0.1) is 11.8 Å². The van der Waals surface area contributed by atoms with E-state index in [1.165, 1.54) is 0 Å². The summed E-state index contributed by atoms with van der Waals surface area (Å²) in [5.74, 6) is 4.31. The van der Waals surface area contributed by atoms with Crippen LogP contribution in [-0.2, 0) is 0 Å². The Kier molecular flexibility index (Phi) is 2.63. The minimum Gasteiger partial charge on any atom is -0.477 e. The molecule has 1 heterocycles. The molecule has 0 spiro atoms. The zero-order chi connectivity index (χ0) is 11.5. The summed E-state index contributed by atoms with van der Waals surface area (Å²) >= 11 is 0. The predicted molar refractivity (Wildman–Crippen MR) is 59.2 cm³/mol. The summed E-state index contributed by atoms with van der Waals surface area (Å²) in [5, 5.41) is 18.2. The van der Waals surface area contributed by atoms with E-state index in [0.29, 0.717) is 0 Å². The minimum absolute atomic E-state index is 0.155. The number of aliphatic hydroxyl groups excluding tert-OH is 1. The molecule has 0 fully saturated rings. The van der Waals surface area contributed by atoms with Gasteiger partial charge in [0.2, 0.25) is 0 Å². The molecule has 1 aromatic heterocycles. The lowest BCUT2D eigenvalue weighted by atomic mass is 10.1. The Hall–Kier alpha value is -2.25. The number of hydrogen-bond acceptors (Lipinski definition) is 2. The Labute approximate surface area is 91.5 Å². The third-order valence-electron chi connectivity index (χ3n) is 2.16. The van der Waals surface area contributed by atoms with Crippen LogP contribution < -0.4 is 0 Å². The standard InChI is InChI=1S/C12H9NO3/c14-5-1-2-8-3-4-10-9(6-8)7-11(13-10)12(15)16/h3-4,6-7,13-14H,5H2,(H,15,16). The average Bonchev–Trinajstić information content (AvgIpc) is 2.69. The number of aromatic carboxylic acids is 1. The first-order chi connectivity index (χ1) is 7.70. The largest absolute Gasteiger partial charge is 0.477 e. The van der Waals surface area contributed by atoms with Crippen molar-refractivity contribution in [3.63, 3.8) is 0 Å². The molecule has 0 amide bonds. The molecule has 4 heteroatoms. The molecule has 0 unspecified atom stereocenters. The van der Waals surface area contributed by atoms with E-state index in [-0.39, 0.29) is 12.3 Å². The van der Waals surface area contributed by atoms with Gasteiger partial charge in [-0.1, -0.05) is 11.8 Å². The zero-order valence-electron chi connectivity index (χ0n) is 8.32. The second-order valence-electron chi connectivity index (χ2n) is 3.25. The molecule has 2 aromatic rings. The van der Waals surface area contributed by atoms with Gasteiger partial charge in [0.15, 0.2) is 0 Å². The lowest BCUT2D eigenvalue weighted by molar-refractivity contribution is 0.0691. The van der Waals surface area contributed by atoms with E-state index in [4.69, 9.17) is 10.2 Å². The maximum atomic E-state index is 10.7. The molecule has 2 rings (SSSR count). The van der Waals surface area contributed by atoms with E-state index in [9.17, 15) is 4.79 Å². The van der Waals surface area contributed by atoms with Crippen molar-refractivity contribution in [2.75, 3.05) is 6.61 Å². The monoisotopic (exact) mass is 215 g/mol. The lowest BCUT2D eigenvalue weighted by Gasteiger charge is -1.90. The predicted octanol–water partition coefficient (Wildman–Crippen LogP) is 1.21. The quantitative estimate of drug-likeness (QED) is 0.626. The number of carbonyl (C=O) groups is 1. The summed E-state index contributed by atoms with van der Waals surface area (Å²) in [6.07, 6.45) is 0. The highest BCUT2D eigenvalue weighted by atomic mass is 16.4. The summed E-state index contributed by atoms with van der Waals surface area (Å²) < 4.78 is 0. The lowest BCUT2D eigenvalue weighted by Crippen LogP contribution is -1.94. The van der Waals surface area contributed by atoms with Crippen molar-refractivity contribution in [3.8, 4) is 11.8 Å². The van der Waals surface area contributed by atoms with Gasteiger partial charge in [0.25, 0.3) is 0 Å². The van der Waals surface area contributed by atoms with E-state index < -0.39 is 5.97 Å². The third-order valence-corrected chi connectivity index (χ3v) is 2.16. The number of aliphatic hydroxyl groups is 1. The molecule has 0 radical (unpaired) electrons. The van der Waals surface area contributed by atoms with Gasteiger partial charge in [-0.3, -0.25) is 0 Å². The number of carboxylic acid groups (broad SMARTS) is 1. The number of aromatic nitrogens is 1. The van der Waals surface area contributed by atoms with Gasteiger partial charge < -0.3 is 15.2 Å². The molecule has 0 aliphatic carbocycles. The molecule has 0 saturated heterocycles. The van der Waals surface area contributed by atoms with E-state index >= 15 is 0 Å². The fourth-order valence-electron chi connectivity index (χ4n) is 1.47. The van der Waals surface area contributed by atoms with Crippen molar-refractivity contribution in [1.82, 2.24) is 4.98 Å². The Bertz CT molecular complexity index is 601. The van der Waals surface area contributed by atoms with E-state index in [2.05, 4.69) is 16.8 Å². The molecule has 4 nitrogen and oxygen atoms in total. The summed E-state index contributed by atoms with van der Waals surface area (Å²) in [6, 6.07) is 6.87. The molecule has 16 heavy (non-hydrogen) atoms. The van der Waals surface area contributed by atoms with Crippen LogP contribution in [0.4, 0.5) is 0 Å². The summed E-state index contributed by atoms with van der Waals surface area (Å²) in [5.41, 5.74) is 1.66. The normalized spacial score (nSPS) is 9.81. The Balaban J connectivity index is 2.49. The van der Waals surface area contributed by atoms with Gasteiger partial charge >= 0.3 is 5.97 Å². The summed E-state index contributed by atoms with van der Waals surface area (Å²) in [4.78, 5) is 13.5. The third kappa shape index (κ3) is 1.90. The zero-order valence-corrected chi connectivity index (χ0v) is 8.32. The Morgan fingerprint density at radius 1 is 1.38 bits per heavy atom. The van der Waals surface area contributed by atoms with Crippen LogP contribution in [0.15, 0.2) is 24.3 Å². The molecule has 1 aromatic carbocycles. The average molecular weight is 215 g/mol. The number of fused-ring (bicyclic) bond motifs is 1. The van der Waals surface area contributed by atoms with Gasteiger partial charge in [0.1, 0.15) is 12.3 Å². The first kappa shape index (κ1) is 10.3. The minimum atomic E-state index is -0.987. The van der Waals surface area contributed by atoms with Crippen molar-refractivity contribution in [3.05, 3.63) is 35.5 Å². The fourth-order valence-corrected chi connectivity index (χ4v) is 1.47. The maximum absolute atomic E-state index is 10.7. The second kappa shape index (κ2) is 4.09. The molecule has 0 aliphatic heterocycles. The molecule has 80 valence electrons. The van der Waals surface area contributed by atoms with Gasteiger partial charge in [-0.05, 0) is 24.3 Å². The van der Waals surface area contributed by atoms with Crippen LogP contribution in [0.1, 0.15) is 16.1 Å². The fraction of sp³-hybridized carbons (Fsp3) is 0.0833. The molecule has 0 aliphatic rings. The van der Waals surface area contributed by atoms with E-state index in [1.54, 1.807) is 24.3 Å². The highest BCUT2D eigenvalue weighted by Crippen LogP contribution is 2.16. The molecule has 3 N–H and O–H groups in total. The summed E-state index contributed by atoms with van der Waals surface area (Å²) in [7, 11) is 0. The number of benzene rings is 1. The Morgan fingerprint density at radius 3 is 2.88 bits per heavy atom. The molecule has 0 saturated carbocycles. The molecule has 0 atom stereocenters. The van der Waals surface area contributed by atoms with Crippen LogP contribution in [0.25, 0.3) is 10.9 Å². The van der Waals surface area contributed by atoms with E-state index in [0.717, 1.165) is 16.5 Å². The van der Waals surface area contributed by atoms with Gasteiger partial charge in [-0.25, -0.2) is 4.79 Å². The number of hydrogen-bond donors (Lipinski definition) is 3. The molecular formula is C12H9NO3. The van der Waals surface area contributed by atoms with Crippen LogP contribution in [-0.4, -0.2) is 27.8 Å². The topological polar surface area (TPSA) is 73.3 Å². The Morgan fingerprint density at radius 2 is 2.19 bits per heavy atom. The first-order valence-electron chi connectivity index (χ1n) is 4.66. The molecular weight excluding hydrogens is 206 g/mol. The summed E-state index contributed by atoms with van der Waals surface area (Å²) in [6.45, 7) is -0.189. The first-order valence-corrected chi connectivity index (χ1v) is 4.66. The van der Waals surface area contributed by atoms with Crippen LogP contribution >= 0.6 is 0 Å². The van der Waals surface area contributed by atoms with Crippen molar-refractivity contribution in [2.24, 2.45) is 0 Å². The van der Waals surface area contributed by atoms with E-state index in [1.807, 2.05) is 0 Å². The van der Waals surface area contributed by atoms with Crippen molar-refractivity contribution < 1.29 is 15.0 Å². The van der Waals surface area contributed by atoms with Gasteiger partial charge in [0.05, 0.1) is 0 Å². The molecule has 0 bridgehead atoms. The maximum Gasteiger partial charge on any atom is 0.352 e. The SMILES string of the molecule is O=C(O)c1cc2cc(C#CCO)ccc2[nH]1.